The van der Waals surface area contributed by atoms with Crippen molar-refractivity contribution in [2.24, 2.45) is 0 Å². The molecule has 6 aromatic carbocycles. The molecule has 0 fully saturated rings. The summed E-state index contributed by atoms with van der Waals surface area (Å²) in [5.74, 6) is 0. The molecule has 0 bridgehead atoms. The Morgan fingerprint density at radius 1 is 0.630 bits per heavy atom. The number of anilines is 2. The van der Waals surface area contributed by atoms with Gasteiger partial charge in [0.2, 0.25) is 0 Å². The van der Waals surface area contributed by atoms with E-state index < -0.39 is 0 Å². The summed E-state index contributed by atoms with van der Waals surface area (Å²) in [6.07, 6.45) is 5.65. The van der Waals surface area contributed by atoms with Gasteiger partial charge in [-0.3, -0.25) is 0 Å². The van der Waals surface area contributed by atoms with E-state index in [9.17, 15) is 0 Å². The number of hydrogen-bond donors (Lipinski definition) is 0. The van der Waals surface area contributed by atoms with E-state index >= 15 is 0 Å². The molecule has 0 saturated heterocycles. The Balaban J connectivity index is 1.23. The van der Waals surface area contributed by atoms with E-state index in [4.69, 9.17) is 4.42 Å². The highest BCUT2D eigenvalue weighted by Gasteiger charge is 2.28. The van der Waals surface area contributed by atoms with Crippen LogP contribution in [0.15, 0.2) is 150 Å². The molecule has 0 spiro atoms. The van der Waals surface area contributed by atoms with Gasteiger partial charge in [-0.15, -0.1) is 11.3 Å². The Labute approximate surface area is 269 Å². The van der Waals surface area contributed by atoms with Crippen LogP contribution in [0.1, 0.15) is 10.4 Å². The van der Waals surface area contributed by atoms with Crippen molar-refractivity contribution in [2.75, 3.05) is 4.90 Å². The fraction of sp³-hybridized carbons (Fsp3) is 0.0476. The Morgan fingerprint density at radius 2 is 1.37 bits per heavy atom. The van der Waals surface area contributed by atoms with E-state index in [1.54, 1.807) is 0 Å². The highest BCUT2D eigenvalue weighted by Crippen LogP contribution is 2.44. The molecule has 10 rings (SSSR count). The van der Waals surface area contributed by atoms with E-state index in [0.29, 0.717) is 0 Å². The maximum absolute atomic E-state index is 6.65. The number of furan rings is 1. The quantitative estimate of drug-likeness (QED) is 0.198. The number of thiophene rings is 1. The van der Waals surface area contributed by atoms with Gasteiger partial charge >= 0.3 is 0 Å². The number of nitrogens with zero attached hydrogens (tertiary/aromatic N) is 2. The monoisotopic (exact) mass is 608 g/mol. The van der Waals surface area contributed by atoms with Crippen LogP contribution in [0.5, 0.6) is 0 Å². The summed E-state index contributed by atoms with van der Waals surface area (Å²) in [7, 11) is 0. The minimum absolute atomic E-state index is 0.103. The van der Waals surface area contributed by atoms with Gasteiger partial charge in [-0.25, -0.2) is 0 Å². The molecule has 1 atom stereocenters. The zero-order valence-electron chi connectivity index (χ0n) is 24.9. The molecule has 0 aliphatic heterocycles. The van der Waals surface area contributed by atoms with E-state index in [1.807, 2.05) is 17.4 Å². The number of para-hydroxylation sites is 4. The lowest BCUT2D eigenvalue weighted by molar-refractivity contribution is 0.664. The Hall–Kier alpha value is -5.58. The lowest BCUT2D eigenvalue weighted by Crippen LogP contribution is -2.32. The van der Waals surface area contributed by atoms with E-state index in [1.165, 1.54) is 42.3 Å². The predicted octanol–water partition coefficient (Wildman–Crippen LogP) is 11.7. The molecule has 3 aromatic heterocycles. The molecule has 218 valence electrons. The average Bonchev–Trinajstić information content (AvgIpc) is 3.78. The lowest BCUT2D eigenvalue weighted by Gasteiger charge is -2.33. The van der Waals surface area contributed by atoms with Crippen molar-refractivity contribution in [2.45, 2.75) is 12.5 Å². The number of hydrogen-bond acceptors (Lipinski definition) is 3. The summed E-state index contributed by atoms with van der Waals surface area (Å²) in [6.45, 7) is 0. The van der Waals surface area contributed by atoms with Gasteiger partial charge in [0.1, 0.15) is 5.58 Å². The summed E-state index contributed by atoms with van der Waals surface area (Å²) in [6, 6.07) is 50.2. The first-order valence-electron chi connectivity index (χ1n) is 15.8. The molecule has 4 heteroatoms. The van der Waals surface area contributed by atoms with E-state index in [0.717, 1.165) is 45.4 Å². The highest BCUT2D eigenvalue weighted by atomic mass is 32.1. The fourth-order valence-electron chi connectivity index (χ4n) is 7.49. The van der Waals surface area contributed by atoms with Crippen LogP contribution in [0, 0.1) is 0 Å². The van der Waals surface area contributed by atoms with Crippen molar-refractivity contribution in [3.63, 3.8) is 0 Å². The Bertz CT molecular complexity index is 2640. The molecule has 1 aliphatic rings. The zero-order chi connectivity index (χ0) is 30.2. The summed E-state index contributed by atoms with van der Waals surface area (Å²) in [4.78, 5) is 3.93. The second-order valence-electron chi connectivity index (χ2n) is 12.1. The predicted molar refractivity (Wildman–Crippen MR) is 195 cm³/mol. The molecule has 0 N–H and O–H groups in total. The minimum Gasteiger partial charge on any atom is -0.454 e. The van der Waals surface area contributed by atoms with Gasteiger partial charge in [0.15, 0.2) is 5.58 Å². The van der Waals surface area contributed by atoms with Crippen LogP contribution in [0.2, 0.25) is 0 Å². The second-order valence-corrected chi connectivity index (χ2v) is 13.2. The van der Waals surface area contributed by atoms with Gasteiger partial charge < -0.3 is 13.9 Å². The van der Waals surface area contributed by atoms with Crippen LogP contribution in [0.25, 0.3) is 65.6 Å². The number of rotatable bonds is 4. The molecule has 46 heavy (non-hydrogen) atoms. The maximum Gasteiger partial charge on any atom is 0.159 e. The average molecular weight is 609 g/mol. The molecule has 0 radical (unpaired) electrons. The standard InChI is InChI=1S/C42H28N2OS/c1-2-11-27(12-3-1)44-36-17-7-4-13-30(36)31-23-21-28(25-38(31)44)43(29-22-24-34-33-15-6-9-20-40(33)46-41(34)26-29)37-18-10-16-35-32-14-5-8-19-39(32)45-42(35)37/h1-25,29H,26H2. The Kier molecular flexibility index (Phi) is 5.57. The van der Waals surface area contributed by atoms with Crippen LogP contribution >= 0.6 is 11.3 Å². The van der Waals surface area contributed by atoms with Crippen LogP contribution in [-0.2, 0) is 6.42 Å². The number of fused-ring (bicyclic) bond motifs is 9. The van der Waals surface area contributed by atoms with Crippen LogP contribution < -0.4 is 4.90 Å². The smallest absolute Gasteiger partial charge is 0.159 e. The van der Waals surface area contributed by atoms with Crippen molar-refractivity contribution in [3.05, 3.63) is 156 Å². The number of benzene rings is 6. The summed E-state index contributed by atoms with van der Waals surface area (Å²) in [5.41, 5.74) is 8.96. The summed E-state index contributed by atoms with van der Waals surface area (Å²) < 4.78 is 10.4. The molecule has 0 saturated carbocycles. The third-order valence-electron chi connectivity index (χ3n) is 9.51. The normalized spacial score (nSPS) is 14.6. The summed E-state index contributed by atoms with van der Waals surface area (Å²) in [5, 5.41) is 6.13. The molecule has 3 nitrogen and oxygen atoms in total. The van der Waals surface area contributed by atoms with Crippen LogP contribution in [0.4, 0.5) is 11.4 Å². The van der Waals surface area contributed by atoms with Crippen molar-refractivity contribution in [1.82, 2.24) is 4.57 Å². The highest BCUT2D eigenvalue weighted by molar-refractivity contribution is 7.19. The first kappa shape index (κ1) is 25.7. The van der Waals surface area contributed by atoms with Gasteiger partial charge in [-0.05, 0) is 59.5 Å². The molecule has 3 heterocycles. The van der Waals surface area contributed by atoms with Crippen molar-refractivity contribution < 1.29 is 4.42 Å². The molecule has 1 unspecified atom stereocenters. The zero-order valence-corrected chi connectivity index (χ0v) is 25.7. The van der Waals surface area contributed by atoms with E-state index in [2.05, 4.69) is 155 Å². The van der Waals surface area contributed by atoms with Gasteiger partial charge in [0.05, 0.1) is 22.8 Å². The molecular formula is C42H28N2OS. The largest absolute Gasteiger partial charge is 0.454 e. The third-order valence-corrected chi connectivity index (χ3v) is 10.7. The Morgan fingerprint density at radius 3 is 2.28 bits per heavy atom. The third kappa shape index (κ3) is 3.77. The number of aromatic nitrogens is 1. The molecule has 0 amide bonds. The second kappa shape index (κ2) is 9.96. The van der Waals surface area contributed by atoms with Crippen molar-refractivity contribution in [1.29, 1.82) is 0 Å². The van der Waals surface area contributed by atoms with Gasteiger partial charge in [0.25, 0.3) is 0 Å². The molecular weight excluding hydrogens is 581 g/mol. The first-order chi connectivity index (χ1) is 22.8. The SMILES string of the molecule is C1=CC(N(c2ccc3c4ccccc4n(-c4ccccc4)c3c2)c2cccc3c2oc2ccccc23)Cc2sc3ccccc3c21. The van der Waals surface area contributed by atoms with Gasteiger partial charge in [-0.2, -0.15) is 0 Å². The minimum atomic E-state index is 0.103. The first-order valence-corrected chi connectivity index (χ1v) is 16.6. The van der Waals surface area contributed by atoms with E-state index in [-0.39, 0.29) is 6.04 Å². The topological polar surface area (TPSA) is 21.3 Å². The van der Waals surface area contributed by atoms with Crippen LogP contribution in [-0.4, -0.2) is 10.6 Å². The van der Waals surface area contributed by atoms with Crippen molar-refractivity contribution in [3.8, 4) is 5.69 Å². The maximum atomic E-state index is 6.65. The van der Waals surface area contributed by atoms with Crippen LogP contribution in [0.3, 0.4) is 0 Å². The summed E-state index contributed by atoms with van der Waals surface area (Å²) >= 11 is 1.92. The lowest BCUT2D eigenvalue weighted by atomic mass is 9.97. The van der Waals surface area contributed by atoms with Crippen molar-refractivity contribution >= 4 is 82.6 Å². The fourth-order valence-corrected chi connectivity index (χ4v) is 8.73. The molecule has 9 aromatic rings. The van der Waals surface area contributed by atoms with Gasteiger partial charge in [0, 0.05) is 48.9 Å². The van der Waals surface area contributed by atoms with Gasteiger partial charge in [-0.1, -0.05) is 103 Å². The molecule has 1 aliphatic carbocycles.